The van der Waals surface area contributed by atoms with E-state index in [1.54, 1.807) is 13.1 Å². The third kappa shape index (κ3) is 4.32. The van der Waals surface area contributed by atoms with Gasteiger partial charge in [0, 0.05) is 38.3 Å². The van der Waals surface area contributed by atoms with Crippen molar-refractivity contribution < 1.29 is 9.50 Å². The van der Waals surface area contributed by atoms with Gasteiger partial charge in [0.15, 0.2) is 0 Å². The van der Waals surface area contributed by atoms with E-state index >= 15 is 0 Å². The number of rotatable bonds is 6. The number of benzene rings is 1. The maximum absolute atomic E-state index is 13.8. The van der Waals surface area contributed by atoms with E-state index in [2.05, 4.69) is 25.5 Å². The number of nitrogens with zero attached hydrogens (tertiary/aromatic N) is 4. The fraction of sp³-hybridized carbons (Fsp3) is 0.421. The largest absolute Gasteiger partial charge is 0.391 e. The quantitative estimate of drug-likeness (QED) is 0.714. The predicted molar refractivity (Wildman–Crippen MR) is 101 cm³/mol. The van der Waals surface area contributed by atoms with Crippen molar-refractivity contribution >= 4 is 11.6 Å². The first kappa shape index (κ1) is 19.0. The molecule has 0 bridgehead atoms. The normalized spacial score (nSPS) is 20.3. The Labute approximate surface area is 157 Å². The van der Waals surface area contributed by atoms with Crippen LogP contribution in [-0.2, 0) is 0 Å². The van der Waals surface area contributed by atoms with Crippen molar-refractivity contribution in [1.82, 2.24) is 15.3 Å². The number of anilines is 2. The zero-order valence-corrected chi connectivity index (χ0v) is 15.4. The summed E-state index contributed by atoms with van der Waals surface area (Å²) in [4.78, 5) is 10.5. The van der Waals surface area contributed by atoms with E-state index in [1.807, 2.05) is 19.1 Å². The van der Waals surface area contributed by atoms with Gasteiger partial charge in [-0.1, -0.05) is 6.07 Å². The highest BCUT2D eigenvalue weighted by atomic mass is 19.1. The second kappa shape index (κ2) is 8.29. The van der Waals surface area contributed by atoms with Gasteiger partial charge in [-0.2, -0.15) is 5.26 Å². The Morgan fingerprint density at radius 1 is 1.41 bits per heavy atom. The molecule has 0 amide bonds. The highest BCUT2D eigenvalue weighted by molar-refractivity contribution is 5.50. The van der Waals surface area contributed by atoms with Crippen LogP contribution in [0.4, 0.5) is 16.0 Å². The van der Waals surface area contributed by atoms with Gasteiger partial charge < -0.3 is 20.6 Å². The van der Waals surface area contributed by atoms with Gasteiger partial charge in [0.2, 0.25) is 0 Å². The fourth-order valence-corrected chi connectivity index (χ4v) is 3.33. The highest BCUT2D eigenvalue weighted by Crippen LogP contribution is 2.25. The standard InChI is InChI=1S/C19H23FN6O/c1-12(13-3-4-14(8-21)17(20)5-13)23-9-15-6-16(27)10-26(15)19-7-18(22-2)24-11-25-19/h3-5,7,11-12,15-16,23,27H,6,9-10H2,1-2H3,(H,22,24,25)/t12?,15-,16-/m1/s1. The molecule has 3 N–H and O–H groups in total. The number of nitriles is 1. The number of hydrogen-bond donors (Lipinski definition) is 3. The summed E-state index contributed by atoms with van der Waals surface area (Å²) in [6.45, 7) is 3.06. The molecule has 3 atom stereocenters. The summed E-state index contributed by atoms with van der Waals surface area (Å²) in [5, 5.41) is 25.4. The van der Waals surface area contributed by atoms with Gasteiger partial charge in [-0.05, 0) is 31.0 Å². The summed E-state index contributed by atoms with van der Waals surface area (Å²) >= 11 is 0. The maximum Gasteiger partial charge on any atom is 0.141 e. The third-order valence-electron chi connectivity index (χ3n) is 4.87. The molecule has 1 aliphatic rings. The van der Waals surface area contributed by atoms with Crippen LogP contribution in [0.5, 0.6) is 0 Å². The molecule has 0 aliphatic carbocycles. The average Bonchev–Trinajstić information content (AvgIpc) is 3.06. The molecule has 1 aromatic heterocycles. The molecule has 27 heavy (non-hydrogen) atoms. The van der Waals surface area contributed by atoms with Gasteiger partial charge in [0.05, 0.1) is 11.7 Å². The minimum atomic E-state index is -0.512. The molecule has 142 valence electrons. The lowest BCUT2D eigenvalue weighted by Gasteiger charge is -2.27. The summed E-state index contributed by atoms with van der Waals surface area (Å²) in [6.07, 6.45) is 1.70. The first-order valence-corrected chi connectivity index (χ1v) is 8.89. The molecule has 3 rings (SSSR count). The Bertz CT molecular complexity index is 839. The Morgan fingerprint density at radius 2 is 2.22 bits per heavy atom. The summed E-state index contributed by atoms with van der Waals surface area (Å²) < 4.78 is 13.8. The topological polar surface area (TPSA) is 97.1 Å². The van der Waals surface area contributed by atoms with Crippen LogP contribution in [0.1, 0.15) is 30.5 Å². The second-order valence-corrected chi connectivity index (χ2v) is 6.69. The Balaban J connectivity index is 1.68. The van der Waals surface area contributed by atoms with Crippen molar-refractivity contribution in [3.05, 3.63) is 47.5 Å². The van der Waals surface area contributed by atoms with E-state index in [-0.39, 0.29) is 17.6 Å². The first-order chi connectivity index (χ1) is 13.0. The highest BCUT2D eigenvalue weighted by Gasteiger charge is 2.32. The molecule has 1 saturated heterocycles. The Morgan fingerprint density at radius 3 is 2.93 bits per heavy atom. The molecule has 2 aromatic rings. The molecule has 1 aliphatic heterocycles. The Hall–Kier alpha value is -2.76. The van der Waals surface area contributed by atoms with E-state index in [0.29, 0.717) is 19.5 Å². The van der Waals surface area contributed by atoms with E-state index in [1.165, 1.54) is 18.5 Å². The van der Waals surface area contributed by atoms with Crippen LogP contribution in [0.3, 0.4) is 0 Å². The number of aromatic nitrogens is 2. The van der Waals surface area contributed by atoms with Gasteiger partial charge in [-0.25, -0.2) is 14.4 Å². The van der Waals surface area contributed by atoms with Gasteiger partial charge in [0.1, 0.15) is 29.8 Å². The molecule has 0 spiro atoms. The number of nitrogens with one attached hydrogen (secondary N) is 2. The molecular formula is C19H23FN6O. The van der Waals surface area contributed by atoms with Crippen LogP contribution < -0.4 is 15.5 Å². The van der Waals surface area contributed by atoms with Crippen LogP contribution in [-0.4, -0.2) is 47.4 Å². The number of β-amino-alcohol motifs (C(OH)–C–C–N with tert-alkyl or cyclic N) is 1. The summed E-state index contributed by atoms with van der Waals surface area (Å²) in [5.74, 6) is 0.964. The summed E-state index contributed by atoms with van der Waals surface area (Å²) in [5.41, 5.74) is 0.816. The van der Waals surface area contributed by atoms with E-state index in [9.17, 15) is 9.50 Å². The van der Waals surface area contributed by atoms with Crippen molar-refractivity contribution in [2.75, 3.05) is 30.4 Å². The van der Waals surface area contributed by atoms with E-state index in [0.717, 1.165) is 17.2 Å². The lowest BCUT2D eigenvalue weighted by molar-refractivity contribution is 0.193. The molecular weight excluding hydrogens is 347 g/mol. The van der Waals surface area contributed by atoms with Crippen LogP contribution in [0, 0.1) is 17.1 Å². The lowest BCUT2D eigenvalue weighted by Crippen LogP contribution is -2.39. The van der Waals surface area contributed by atoms with Crippen LogP contribution in [0.15, 0.2) is 30.6 Å². The molecule has 1 aromatic carbocycles. The number of halogens is 1. The summed E-state index contributed by atoms with van der Waals surface area (Å²) in [6, 6.07) is 8.29. The second-order valence-electron chi connectivity index (χ2n) is 6.69. The molecule has 1 fully saturated rings. The Kier molecular flexibility index (Phi) is 5.84. The predicted octanol–water partition coefficient (Wildman–Crippen LogP) is 1.82. The van der Waals surface area contributed by atoms with E-state index in [4.69, 9.17) is 5.26 Å². The van der Waals surface area contributed by atoms with Crippen molar-refractivity contribution in [3.63, 3.8) is 0 Å². The van der Waals surface area contributed by atoms with E-state index < -0.39 is 11.9 Å². The third-order valence-corrected chi connectivity index (χ3v) is 4.87. The monoisotopic (exact) mass is 370 g/mol. The van der Waals surface area contributed by atoms with Crippen molar-refractivity contribution in [3.8, 4) is 6.07 Å². The number of aliphatic hydroxyl groups excluding tert-OH is 1. The van der Waals surface area contributed by atoms with Crippen molar-refractivity contribution in [2.24, 2.45) is 0 Å². The van der Waals surface area contributed by atoms with Gasteiger partial charge >= 0.3 is 0 Å². The van der Waals surface area contributed by atoms with Crippen LogP contribution >= 0.6 is 0 Å². The first-order valence-electron chi connectivity index (χ1n) is 8.89. The molecule has 2 heterocycles. The average molecular weight is 370 g/mol. The van der Waals surface area contributed by atoms with Crippen LogP contribution in [0.25, 0.3) is 0 Å². The SMILES string of the molecule is CNc1cc(N2C[C@H](O)C[C@@H]2CNC(C)c2ccc(C#N)c(F)c2)ncn1. The van der Waals surface area contributed by atoms with Crippen molar-refractivity contribution in [2.45, 2.75) is 31.5 Å². The van der Waals surface area contributed by atoms with Gasteiger partial charge in [0.25, 0.3) is 0 Å². The lowest BCUT2D eigenvalue weighted by atomic mass is 10.1. The minimum Gasteiger partial charge on any atom is -0.391 e. The zero-order chi connectivity index (χ0) is 19.4. The molecule has 1 unspecified atom stereocenters. The van der Waals surface area contributed by atoms with Gasteiger partial charge in [-0.3, -0.25) is 0 Å². The van der Waals surface area contributed by atoms with Crippen molar-refractivity contribution in [1.29, 1.82) is 5.26 Å². The molecule has 7 nitrogen and oxygen atoms in total. The zero-order valence-electron chi connectivity index (χ0n) is 15.4. The van der Waals surface area contributed by atoms with Crippen LogP contribution in [0.2, 0.25) is 0 Å². The smallest absolute Gasteiger partial charge is 0.141 e. The fourth-order valence-electron chi connectivity index (χ4n) is 3.33. The minimum absolute atomic E-state index is 0.0418. The number of hydrogen-bond acceptors (Lipinski definition) is 7. The molecule has 0 radical (unpaired) electrons. The summed E-state index contributed by atoms with van der Waals surface area (Å²) in [7, 11) is 1.79. The maximum atomic E-state index is 13.8. The number of aliphatic hydroxyl groups is 1. The molecule has 8 heteroatoms. The van der Waals surface area contributed by atoms with Gasteiger partial charge in [-0.15, -0.1) is 0 Å². The molecule has 0 saturated carbocycles.